The molecule has 0 aliphatic heterocycles. The molecule has 0 saturated heterocycles. The van der Waals surface area contributed by atoms with Crippen LogP contribution in [0.3, 0.4) is 0 Å². The number of ether oxygens (including phenoxy) is 1. The number of amides is 1. The number of hydrogen-bond acceptors (Lipinski definition) is 3. The Balaban J connectivity index is 1.59. The molecule has 0 spiro atoms. The zero-order valence-electron chi connectivity index (χ0n) is 17.3. The summed E-state index contributed by atoms with van der Waals surface area (Å²) in [6, 6.07) is 10.5. The van der Waals surface area contributed by atoms with Crippen LogP contribution in [0, 0.1) is 0 Å². The van der Waals surface area contributed by atoms with Gasteiger partial charge in [-0.2, -0.15) is 27.1 Å². The number of benzene rings is 2. The molecule has 0 unspecified atom stereocenters. The fourth-order valence-electron chi connectivity index (χ4n) is 2.92. The minimum absolute atomic E-state index is 0.0376. The third-order valence-electron chi connectivity index (χ3n) is 4.56. The summed E-state index contributed by atoms with van der Waals surface area (Å²) in [6.45, 7) is -1.83. The lowest BCUT2D eigenvalue weighted by atomic mass is 10.1. The molecule has 1 aromatic heterocycles. The maximum atomic E-state index is 12.9. The summed E-state index contributed by atoms with van der Waals surface area (Å²) in [5.41, 5.74) is 0.314. The Labute approximate surface area is 189 Å². The topological polar surface area (TPSA) is 56.2 Å². The number of hydrogen-bond donors (Lipinski definition) is 1. The standard InChI is InChI=1S/C22H18F7N3O2/c23-20(24)21(25,26)13-34-12-15-4-1-5-16(7-15)19(33)31-18-9-30-32(11-18)10-14-3-2-6-17(8-14)22(27,28)29/h1-9,11,20H,10,12-13H2,(H,31,33). The van der Waals surface area contributed by atoms with E-state index in [4.69, 9.17) is 0 Å². The van der Waals surface area contributed by atoms with Crippen LogP contribution in [-0.4, -0.2) is 34.6 Å². The molecule has 2 aromatic carbocycles. The molecule has 0 fully saturated rings. The van der Waals surface area contributed by atoms with Crippen molar-refractivity contribution >= 4 is 11.6 Å². The second kappa shape index (κ2) is 10.2. The van der Waals surface area contributed by atoms with Crippen molar-refractivity contribution in [1.82, 2.24) is 9.78 Å². The van der Waals surface area contributed by atoms with Crippen molar-refractivity contribution in [1.29, 1.82) is 0 Å². The molecule has 1 N–H and O–H groups in total. The second-order valence-corrected chi connectivity index (χ2v) is 7.33. The maximum absolute atomic E-state index is 12.9. The van der Waals surface area contributed by atoms with Gasteiger partial charge >= 0.3 is 18.5 Å². The fourth-order valence-corrected chi connectivity index (χ4v) is 2.92. The van der Waals surface area contributed by atoms with Gasteiger partial charge in [-0.3, -0.25) is 9.48 Å². The summed E-state index contributed by atoms with van der Waals surface area (Å²) in [5, 5.41) is 6.57. The van der Waals surface area contributed by atoms with Crippen molar-refractivity contribution in [3.63, 3.8) is 0 Å². The van der Waals surface area contributed by atoms with Crippen LogP contribution in [0.4, 0.5) is 36.4 Å². The van der Waals surface area contributed by atoms with Crippen LogP contribution in [-0.2, 0) is 24.1 Å². The van der Waals surface area contributed by atoms with Gasteiger partial charge in [-0.1, -0.05) is 24.3 Å². The normalized spacial score (nSPS) is 12.2. The van der Waals surface area contributed by atoms with E-state index < -0.39 is 43.2 Å². The number of carbonyl (C=O) groups is 1. The van der Waals surface area contributed by atoms with Gasteiger partial charge in [-0.25, -0.2) is 8.78 Å². The molecule has 0 saturated carbocycles. The smallest absolute Gasteiger partial charge is 0.370 e. The van der Waals surface area contributed by atoms with Crippen molar-refractivity contribution in [2.45, 2.75) is 31.7 Å². The minimum Gasteiger partial charge on any atom is -0.370 e. The van der Waals surface area contributed by atoms with Gasteiger partial charge in [0.2, 0.25) is 0 Å². The van der Waals surface area contributed by atoms with Gasteiger partial charge in [0, 0.05) is 11.8 Å². The van der Waals surface area contributed by atoms with Crippen molar-refractivity contribution in [3.8, 4) is 0 Å². The number of halogens is 7. The number of nitrogens with one attached hydrogen (secondary N) is 1. The molecule has 3 rings (SSSR count). The Morgan fingerprint density at radius 2 is 1.74 bits per heavy atom. The first-order valence-electron chi connectivity index (χ1n) is 9.76. The highest BCUT2D eigenvalue weighted by molar-refractivity contribution is 6.04. The molecule has 0 radical (unpaired) electrons. The number of anilines is 1. The van der Waals surface area contributed by atoms with Gasteiger partial charge in [0.05, 0.1) is 30.6 Å². The minimum atomic E-state index is -4.47. The number of nitrogens with zero attached hydrogens (tertiary/aromatic N) is 2. The summed E-state index contributed by atoms with van der Waals surface area (Å²) < 4.78 is 94.7. The molecule has 3 aromatic rings. The van der Waals surface area contributed by atoms with Gasteiger partial charge in [-0.15, -0.1) is 0 Å². The highest BCUT2D eigenvalue weighted by atomic mass is 19.4. The average Bonchev–Trinajstić information content (AvgIpc) is 3.20. The van der Waals surface area contributed by atoms with Crippen LogP contribution in [0.15, 0.2) is 60.9 Å². The number of carbonyl (C=O) groups excluding carboxylic acids is 1. The van der Waals surface area contributed by atoms with Crippen molar-refractivity contribution in [3.05, 3.63) is 83.2 Å². The highest BCUT2D eigenvalue weighted by Gasteiger charge is 2.40. The molecule has 34 heavy (non-hydrogen) atoms. The number of aromatic nitrogens is 2. The second-order valence-electron chi connectivity index (χ2n) is 7.33. The first kappa shape index (κ1) is 25.2. The lowest BCUT2D eigenvalue weighted by Gasteiger charge is -2.15. The predicted molar refractivity (Wildman–Crippen MR) is 108 cm³/mol. The highest BCUT2D eigenvalue weighted by Crippen LogP contribution is 2.29. The monoisotopic (exact) mass is 489 g/mol. The number of alkyl halides is 7. The SMILES string of the molecule is O=C(Nc1cnn(Cc2cccc(C(F)(F)F)c2)c1)c1cccc(COCC(F)(F)C(F)F)c1. The summed E-state index contributed by atoms with van der Waals surface area (Å²) >= 11 is 0. The third kappa shape index (κ3) is 6.80. The molecule has 5 nitrogen and oxygen atoms in total. The largest absolute Gasteiger partial charge is 0.416 e. The average molecular weight is 489 g/mol. The van der Waals surface area contributed by atoms with Crippen molar-refractivity contribution in [2.24, 2.45) is 0 Å². The maximum Gasteiger partial charge on any atom is 0.416 e. The molecule has 0 aliphatic rings. The molecule has 182 valence electrons. The van der Waals surface area contributed by atoms with E-state index in [9.17, 15) is 35.5 Å². The summed E-state index contributed by atoms with van der Waals surface area (Å²) in [6.07, 6.45) is -5.58. The first-order chi connectivity index (χ1) is 15.9. The Hall–Kier alpha value is -3.41. The molecular formula is C22H18F7N3O2. The van der Waals surface area contributed by atoms with Crippen LogP contribution in [0.25, 0.3) is 0 Å². The first-order valence-corrected chi connectivity index (χ1v) is 9.76. The van der Waals surface area contributed by atoms with E-state index >= 15 is 0 Å². The molecule has 0 bridgehead atoms. The van der Waals surface area contributed by atoms with Crippen LogP contribution in [0.1, 0.15) is 27.0 Å². The summed E-state index contributed by atoms with van der Waals surface area (Å²) in [4.78, 5) is 12.5. The van der Waals surface area contributed by atoms with Gasteiger partial charge in [0.1, 0.15) is 6.61 Å². The van der Waals surface area contributed by atoms with E-state index in [1.807, 2.05) is 0 Å². The number of rotatable bonds is 9. The van der Waals surface area contributed by atoms with E-state index in [2.05, 4.69) is 15.2 Å². The van der Waals surface area contributed by atoms with Crippen molar-refractivity contribution in [2.75, 3.05) is 11.9 Å². The fraction of sp³-hybridized carbons (Fsp3) is 0.273. The molecule has 0 aliphatic carbocycles. The van der Waals surface area contributed by atoms with Crippen LogP contribution >= 0.6 is 0 Å². The zero-order chi connectivity index (χ0) is 24.9. The molecule has 0 atom stereocenters. The van der Waals surface area contributed by atoms with Gasteiger partial charge < -0.3 is 10.1 Å². The summed E-state index contributed by atoms with van der Waals surface area (Å²) in [7, 11) is 0. The van der Waals surface area contributed by atoms with Gasteiger partial charge in [-0.05, 0) is 35.4 Å². The summed E-state index contributed by atoms with van der Waals surface area (Å²) in [5.74, 6) is -4.85. The van der Waals surface area contributed by atoms with E-state index in [0.29, 0.717) is 11.1 Å². The van der Waals surface area contributed by atoms with E-state index in [1.54, 1.807) is 0 Å². The quantitative estimate of drug-likeness (QED) is 0.397. The predicted octanol–water partition coefficient (Wildman–Crippen LogP) is 5.62. The van der Waals surface area contributed by atoms with Crippen LogP contribution in [0.5, 0.6) is 0 Å². The Bertz CT molecular complexity index is 1130. The Kier molecular flexibility index (Phi) is 7.60. The lowest BCUT2D eigenvalue weighted by molar-refractivity contribution is -0.168. The van der Waals surface area contributed by atoms with Gasteiger partial charge in [0.15, 0.2) is 0 Å². The molecular weight excluding hydrogens is 471 g/mol. The molecule has 12 heteroatoms. The van der Waals surface area contributed by atoms with Crippen molar-refractivity contribution < 1.29 is 40.3 Å². The molecule has 1 heterocycles. The van der Waals surface area contributed by atoms with Gasteiger partial charge in [0.25, 0.3) is 5.91 Å². The Morgan fingerprint density at radius 3 is 2.44 bits per heavy atom. The molecule has 1 amide bonds. The third-order valence-corrected chi connectivity index (χ3v) is 4.56. The zero-order valence-corrected chi connectivity index (χ0v) is 17.3. The Morgan fingerprint density at radius 1 is 1.03 bits per heavy atom. The lowest BCUT2D eigenvalue weighted by Crippen LogP contribution is -2.32. The van der Waals surface area contributed by atoms with Crippen LogP contribution < -0.4 is 5.32 Å². The van der Waals surface area contributed by atoms with E-state index in [1.165, 1.54) is 53.5 Å². The van der Waals surface area contributed by atoms with E-state index in [-0.39, 0.29) is 17.8 Å². The van der Waals surface area contributed by atoms with Crippen LogP contribution in [0.2, 0.25) is 0 Å². The van der Waals surface area contributed by atoms with E-state index in [0.717, 1.165) is 12.1 Å².